The van der Waals surface area contributed by atoms with Gasteiger partial charge in [0, 0.05) is 5.54 Å². The molecule has 0 bridgehead atoms. The van der Waals surface area contributed by atoms with Crippen LogP contribution in [0.2, 0.25) is 0 Å². The quantitative estimate of drug-likeness (QED) is 0.659. The summed E-state index contributed by atoms with van der Waals surface area (Å²) in [5.74, 6) is 4.10. The lowest BCUT2D eigenvalue weighted by Gasteiger charge is -2.48. The zero-order chi connectivity index (χ0) is 14.8. The summed E-state index contributed by atoms with van der Waals surface area (Å²) in [6.45, 7) is 0. The highest BCUT2D eigenvalue weighted by atomic mass is 19.2. The molecule has 0 amide bonds. The minimum Gasteiger partial charge on any atom is -0.302 e. The van der Waals surface area contributed by atoms with Gasteiger partial charge in [-0.1, -0.05) is 25.3 Å². The molecule has 1 aliphatic rings. The summed E-state index contributed by atoms with van der Waals surface area (Å²) in [6, 6.07) is 3.82. The van der Waals surface area contributed by atoms with Crippen molar-refractivity contribution in [2.24, 2.45) is 5.84 Å². The summed E-state index contributed by atoms with van der Waals surface area (Å²) < 4.78 is 26.6. The molecule has 5 heteroatoms. The van der Waals surface area contributed by atoms with Crippen molar-refractivity contribution in [1.29, 1.82) is 0 Å². The number of benzene rings is 1. The number of hydrogen-bond donors (Lipinski definition) is 2. The maximum Gasteiger partial charge on any atom is 0.159 e. The molecular formula is C15H23F2N3. The lowest BCUT2D eigenvalue weighted by molar-refractivity contribution is 0.0562. The number of rotatable bonds is 4. The van der Waals surface area contributed by atoms with Crippen LogP contribution in [0.15, 0.2) is 18.2 Å². The second kappa shape index (κ2) is 6.16. The van der Waals surface area contributed by atoms with Gasteiger partial charge in [0.25, 0.3) is 0 Å². The van der Waals surface area contributed by atoms with Crippen molar-refractivity contribution in [3.8, 4) is 0 Å². The zero-order valence-corrected chi connectivity index (χ0v) is 12.1. The van der Waals surface area contributed by atoms with Gasteiger partial charge < -0.3 is 4.90 Å². The third-order valence-corrected chi connectivity index (χ3v) is 4.59. The minimum absolute atomic E-state index is 0.155. The largest absolute Gasteiger partial charge is 0.302 e. The number of hydrazine groups is 1. The van der Waals surface area contributed by atoms with E-state index in [1.54, 1.807) is 6.07 Å². The molecule has 1 aliphatic carbocycles. The Bertz CT molecular complexity index is 456. The van der Waals surface area contributed by atoms with Crippen molar-refractivity contribution in [2.75, 3.05) is 14.1 Å². The molecular weight excluding hydrogens is 260 g/mol. The SMILES string of the molecule is CN(C)C1(C(NN)c2ccc(F)c(F)c2)CCCCC1. The van der Waals surface area contributed by atoms with Gasteiger partial charge in [-0.25, -0.2) is 8.78 Å². The predicted octanol–water partition coefficient (Wildman–Crippen LogP) is 2.73. The first-order chi connectivity index (χ1) is 9.51. The van der Waals surface area contributed by atoms with Crippen molar-refractivity contribution in [3.63, 3.8) is 0 Å². The molecule has 0 aromatic heterocycles. The van der Waals surface area contributed by atoms with Crippen LogP contribution in [-0.2, 0) is 0 Å². The fraction of sp³-hybridized carbons (Fsp3) is 0.600. The lowest BCUT2D eigenvalue weighted by atomic mass is 9.73. The van der Waals surface area contributed by atoms with E-state index in [0.717, 1.165) is 25.7 Å². The molecule has 1 aromatic rings. The number of nitrogens with two attached hydrogens (primary N) is 1. The molecule has 0 heterocycles. The van der Waals surface area contributed by atoms with Crippen LogP contribution < -0.4 is 11.3 Å². The molecule has 1 fully saturated rings. The van der Waals surface area contributed by atoms with Crippen molar-refractivity contribution in [1.82, 2.24) is 10.3 Å². The molecule has 0 spiro atoms. The number of nitrogens with zero attached hydrogens (tertiary/aromatic N) is 1. The summed E-state index contributed by atoms with van der Waals surface area (Å²) in [5, 5.41) is 0. The standard InChI is InChI=1S/C15H23F2N3/c1-20(2)15(8-4-3-5-9-15)14(19-18)11-6-7-12(16)13(17)10-11/h6-7,10,14,19H,3-5,8-9,18H2,1-2H3. The first-order valence-electron chi connectivity index (χ1n) is 7.10. The Morgan fingerprint density at radius 1 is 1.15 bits per heavy atom. The molecule has 1 aromatic carbocycles. The fourth-order valence-corrected chi connectivity index (χ4v) is 3.41. The van der Waals surface area contributed by atoms with E-state index in [1.807, 2.05) is 14.1 Å². The van der Waals surface area contributed by atoms with E-state index in [9.17, 15) is 8.78 Å². The summed E-state index contributed by atoms with van der Waals surface area (Å²) in [7, 11) is 4.05. The number of hydrogen-bond acceptors (Lipinski definition) is 3. The third kappa shape index (κ3) is 2.71. The minimum atomic E-state index is -0.827. The second-order valence-electron chi connectivity index (χ2n) is 5.83. The van der Waals surface area contributed by atoms with Crippen molar-refractivity contribution in [2.45, 2.75) is 43.7 Å². The van der Waals surface area contributed by atoms with Gasteiger partial charge in [-0.05, 0) is 44.6 Å². The Labute approximate surface area is 119 Å². The maximum atomic E-state index is 13.5. The number of halogens is 2. The Morgan fingerprint density at radius 3 is 2.30 bits per heavy atom. The molecule has 1 unspecified atom stereocenters. The van der Waals surface area contributed by atoms with Crippen molar-refractivity contribution < 1.29 is 8.78 Å². The van der Waals surface area contributed by atoms with Crippen LogP contribution in [0.4, 0.5) is 8.78 Å². The molecule has 0 saturated heterocycles. The highest BCUT2D eigenvalue weighted by Gasteiger charge is 2.42. The molecule has 2 rings (SSSR count). The van der Waals surface area contributed by atoms with Crippen molar-refractivity contribution >= 4 is 0 Å². The van der Waals surface area contributed by atoms with Gasteiger partial charge in [-0.2, -0.15) is 0 Å². The fourth-order valence-electron chi connectivity index (χ4n) is 3.41. The van der Waals surface area contributed by atoms with Crippen LogP contribution in [0.5, 0.6) is 0 Å². The predicted molar refractivity (Wildman–Crippen MR) is 75.9 cm³/mol. The van der Waals surface area contributed by atoms with E-state index in [2.05, 4.69) is 10.3 Å². The van der Waals surface area contributed by atoms with E-state index in [0.29, 0.717) is 5.56 Å². The monoisotopic (exact) mass is 283 g/mol. The van der Waals surface area contributed by atoms with Gasteiger partial charge in [0.15, 0.2) is 11.6 Å². The van der Waals surface area contributed by atoms with E-state index in [-0.39, 0.29) is 11.6 Å². The van der Waals surface area contributed by atoms with E-state index >= 15 is 0 Å². The molecule has 3 N–H and O–H groups in total. The summed E-state index contributed by atoms with van der Waals surface area (Å²) >= 11 is 0. The van der Waals surface area contributed by atoms with Crippen LogP contribution in [0.25, 0.3) is 0 Å². The first kappa shape index (κ1) is 15.4. The number of nitrogens with one attached hydrogen (secondary N) is 1. The Hall–Kier alpha value is -1.04. The molecule has 0 aliphatic heterocycles. The second-order valence-corrected chi connectivity index (χ2v) is 5.83. The summed E-state index contributed by atoms with van der Waals surface area (Å²) in [4.78, 5) is 2.16. The highest BCUT2D eigenvalue weighted by Crippen LogP contribution is 2.41. The average molecular weight is 283 g/mol. The van der Waals surface area contributed by atoms with Gasteiger partial charge in [-0.3, -0.25) is 11.3 Å². The van der Waals surface area contributed by atoms with Crippen LogP contribution >= 0.6 is 0 Å². The van der Waals surface area contributed by atoms with E-state index in [1.165, 1.54) is 18.6 Å². The molecule has 3 nitrogen and oxygen atoms in total. The first-order valence-corrected chi connectivity index (χ1v) is 7.10. The van der Waals surface area contributed by atoms with Gasteiger partial charge in [0.05, 0.1) is 6.04 Å². The lowest BCUT2D eigenvalue weighted by Crippen LogP contribution is -2.56. The smallest absolute Gasteiger partial charge is 0.159 e. The normalized spacial score (nSPS) is 20.1. The van der Waals surface area contributed by atoms with Crippen LogP contribution in [0.3, 0.4) is 0 Å². The molecule has 1 saturated carbocycles. The molecule has 20 heavy (non-hydrogen) atoms. The van der Waals surface area contributed by atoms with Gasteiger partial charge in [-0.15, -0.1) is 0 Å². The number of likely N-dealkylation sites (N-methyl/N-ethyl adjacent to an activating group) is 1. The molecule has 112 valence electrons. The van der Waals surface area contributed by atoms with Crippen LogP contribution in [-0.4, -0.2) is 24.5 Å². The third-order valence-electron chi connectivity index (χ3n) is 4.59. The maximum absolute atomic E-state index is 13.5. The molecule has 1 atom stereocenters. The van der Waals surface area contributed by atoms with E-state index < -0.39 is 11.6 Å². The summed E-state index contributed by atoms with van der Waals surface area (Å²) in [5.41, 5.74) is 3.37. The van der Waals surface area contributed by atoms with Gasteiger partial charge >= 0.3 is 0 Å². The Morgan fingerprint density at radius 2 is 1.80 bits per heavy atom. The van der Waals surface area contributed by atoms with Crippen molar-refractivity contribution in [3.05, 3.63) is 35.4 Å². The zero-order valence-electron chi connectivity index (χ0n) is 12.1. The van der Waals surface area contributed by atoms with Crippen LogP contribution in [0, 0.1) is 11.6 Å². The van der Waals surface area contributed by atoms with Crippen LogP contribution in [0.1, 0.15) is 43.7 Å². The molecule has 0 radical (unpaired) electrons. The topological polar surface area (TPSA) is 41.3 Å². The van der Waals surface area contributed by atoms with E-state index in [4.69, 9.17) is 5.84 Å². The summed E-state index contributed by atoms with van der Waals surface area (Å²) in [6.07, 6.45) is 5.45. The van der Waals surface area contributed by atoms with Gasteiger partial charge in [0.2, 0.25) is 0 Å². The Kier molecular flexibility index (Phi) is 4.73. The Balaban J connectivity index is 2.39. The highest BCUT2D eigenvalue weighted by molar-refractivity contribution is 5.25. The average Bonchev–Trinajstić information content (AvgIpc) is 2.44. The van der Waals surface area contributed by atoms with Gasteiger partial charge in [0.1, 0.15) is 0 Å².